The van der Waals surface area contributed by atoms with Crippen LogP contribution in [0.2, 0.25) is 0 Å². The standard InChI is InChI=1S/C11H10F2N2/c1-7-14-6-11(15-7)9-4-2-3-8(12)5-10(9)13/h2,4-6H,3H2,1H3,(H,14,15). The van der Waals surface area contributed by atoms with E-state index in [1.807, 2.05) is 0 Å². The van der Waals surface area contributed by atoms with Crippen molar-refractivity contribution in [3.8, 4) is 0 Å². The van der Waals surface area contributed by atoms with E-state index in [2.05, 4.69) is 9.97 Å². The van der Waals surface area contributed by atoms with E-state index in [1.165, 1.54) is 6.20 Å². The van der Waals surface area contributed by atoms with Crippen molar-refractivity contribution in [3.05, 3.63) is 47.6 Å². The first kappa shape index (κ1) is 9.83. The maximum absolute atomic E-state index is 13.5. The predicted molar refractivity (Wildman–Crippen MR) is 54.3 cm³/mol. The number of halogens is 2. The van der Waals surface area contributed by atoms with Crippen LogP contribution in [-0.4, -0.2) is 9.97 Å². The predicted octanol–water partition coefficient (Wildman–Crippen LogP) is 3.21. The molecule has 1 aliphatic rings. The topological polar surface area (TPSA) is 28.7 Å². The maximum atomic E-state index is 13.5. The van der Waals surface area contributed by atoms with Crippen LogP contribution in [0.5, 0.6) is 0 Å². The van der Waals surface area contributed by atoms with Crippen LogP contribution in [0.15, 0.2) is 36.1 Å². The monoisotopic (exact) mass is 208 g/mol. The molecule has 2 nitrogen and oxygen atoms in total. The van der Waals surface area contributed by atoms with Crippen LogP contribution in [0.1, 0.15) is 17.9 Å². The van der Waals surface area contributed by atoms with Crippen LogP contribution in [-0.2, 0) is 0 Å². The third-order valence-corrected chi connectivity index (χ3v) is 2.13. The molecule has 0 saturated heterocycles. The summed E-state index contributed by atoms with van der Waals surface area (Å²) >= 11 is 0. The van der Waals surface area contributed by atoms with Crippen LogP contribution in [0, 0.1) is 6.92 Å². The fourth-order valence-electron chi connectivity index (χ4n) is 1.42. The first-order valence-electron chi connectivity index (χ1n) is 4.61. The quantitative estimate of drug-likeness (QED) is 0.754. The second-order valence-electron chi connectivity index (χ2n) is 3.34. The number of nitrogens with zero attached hydrogens (tertiary/aromatic N) is 1. The minimum atomic E-state index is -0.579. The average molecular weight is 208 g/mol. The van der Waals surface area contributed by atoms with Gasteiger partial charge in [-0.25, -0.2) is 13.8 Å². The highest BCUT2D eigenvalue weighted by atomic mass is 19.1. The molecule has 0 spiro atoms. The summed E-state index contributed by atoms with van der Waals surface area (Å²) in [5.41, 5.74) is 0.899. The van der Waals surface area contributed by atoms with Gasteiger partial charge < -0.3 is 4.98 Å². The molecular weight excluding hydrogens is 198 g/mol. The van der Waals surface area contributed by atoms with Crippen LogP contribution in [0.3, 0.4) is 0 Å². The zero-order chi connectivity index (χ0) is 10.8. The minimum Gasteiger partial charge on any atom is -0.342 e. The Balaban J connectivity index is 2.47. The summed E-state index contributed by atoms with van der Waals surface area (Å²) < 4.78 is 26.4. The molecule has 2 rings (SSSR count). The first-order valence-corrected chi connectivity index (χ1v) is 4.61. The van der Waals surface area contributed by atoms with Crippen molar-refractivity contribution < 1.29 is 8.78 Å². The molecule has 0 unspecified atom stereocenters. The molecule has 1 aliphatic carbocycles. The number of aromatic amines is 1. The highest BCUT2D eigenvalue weighted by Crippen LogP contribution is 2.25. The Morgan fingerprint density at radius 3 is 2.87 bits per heavy atom. The molecule has 0 fully saturated rings. The van der Waals surface area contributed by atoms with Gasteiger partial charge in [-0.2, -0.15) is 0 Å². The fourth-order valence-corrected chi connectivity index (χ4v) is 1.42. The molecule has 0 atom stereocenters. The number of hydrogen-bond donors (Lipinski definition) is 1. The lowest BCUT2D eigenvalue weighted by Gasteiger charge is -1.97. The largest absolute Gasteiger partial charge is 0.342 e. The van der Waals surface area contributed by atoms with Crippen LogP contribution in [0.4, 0.5) is 8.78 Å². The third-order valence-electron chi connectivity index (χ3n) is 2.13. The molecule has 1 N–H and O–H groups in total. The number of allylic oxidation sites excluding steroid dienone is 6. The van der Waals surface area contributed by atoms with E-state index in [-0.39, 0.29) is 6.42 Å². The van der Waals surface area contributed by atoms with Crippen LogP contribution in [0.25, 0.3) is 5.57 Å². The summed E-state index contributed by atoms with van der Waals surface area (Å²) in [6.07, 6.45) is 5.72. The zero-order valence-electron chi connectivity index (χ0n) is 8.22. The number of aryl methyl sites for hydroxylation is 1. The van der Waals surface area contributed by atoms with Gasteiger partial charge in [0.15, 0.2) is 0 Å². The highest BCUT2D eigenvalue weighted by molar-refractivity contribution is 5.75. The molecule has 1 aromatic rings. The Morgan fingerprint density at radius 2 is 2.20 bits per heavy atom. The van der Waals surface area contributed by atoms with Crippen LogP contribution < -0.4 is 0 Å². The number of aromatic nitrogens is 2. The molecule has 0 aromatic carbocycles. The molecule has 0 amide bonds. The van der Waals surface area contributed by atoms with Crippen LogP contribution >= 0.6 is 0 Å². The van der Waals surface area contributed by atoms with Gasteiger partial charge in [0.1, 0.15) is 17.5 Å². The fraction of sp³-hybridized carbons (Fsp3) is 0.182. The Labute approximate surface area is 86.0 Å². The van der Waals surface area contributed by atoms with E-state index in [0.29, 0.717) is 17.1 Å². The van der Waals surface area contributed by atoms with Gasteiger partial charge in [0.25, 0.3) is 0 Å². The molecule has 0 saturated carbocycles. The minimum absolute atomic E-state index is 0.129. The third kappa shape index (κ3) is 2.03. The Kier molecular flexibility index (Phi) is 2.49. The smallest absolute Gasteiger partial charge is 0.135 e. The summed E-state index contributed by atoms with van der Waals surface area (Å²) in [6.45, 7) is 1.78. The van der Waals surface area contributed by atoms with E-state index in [9.17, 15) is 8.78 Å². The van der Waals surface area contributed by atoms with Gasteiger partial charge in [-0.3, -0.25) is 0 Å². The number of rotatable bonds is 1. The lowest BCUT2D eigenvalue weighted by atomic mass is 10.1. The van der Waals surface area contributed by atoms with Crippen molar-refractivity contribution in [3.63, 3.8) is 0 Å². The van der Waals surface area contributed by atoms with Gasteiger partial charge in [0.05, 0.1) is 11.9 Å². The molecule has 0 bridgehead atoms. The van der Waals surface area contributed by atoms with Gasteiger partial charge in [-0.15, -0.1) is 0 Å². The summed E-state index contributed by atoms with van der Waals surface area (Å²) in [5.74, 6) is -0.354. The van der Waals surface area contributed by atoms with Gasteiger partial charge in [0.2, 0.25) is 0 Å². The second kappa shape index (κ2) is 3.81. The normalized spacial score (nSPS) is 16.6. The van der Waals surface area contributed by atoms with E-state index in [0.717, 1.165) is 6.08 Å². The number of imidazole rings is 1. The lowest BCUT2D eigenvalue weighted by Crippen LogP contribution is -1.83. The average Bonchev–Trinajstić information content (AvgIpc) is 2.51. The second-order valence-corrected chi connectivity index (χ2v) is 3.34. The van der Waals surface area contributed by atoms with Crippen molar-refractivity contribution in [1.29, 1.82) is 0 Å². The SMILES string of the molecule is Cc1ncc(C2=C(F)C=C(F)CC=C2)[nH]1. The number of H-pyrrole nitrogens is 1. The molecule has 15 heavy (non-hydrogen) atoms. The summed E-state index contributed by atoms with van der Waals surface area (Å²) in [6, 6.07) is 0. The molecule has 4 heteroatoms. The van der Waals surface area contributed by atoms with Gasteiger partial charge >= 0.3 is 0 Å². The molecule has 0 aliphatic heterocycles. The van der Waals surface area contributed by atoms with Crippen molar-refractivity contribution in [2.75, 3.05) is 0 Å². The highest BCUT2D eigenvalue weighted by Gasteiger charge is 2.10. The van der Waals surface area contributed by atoms with Gasteiger partial charge in [-0.05, 0) is 6.92 Å². The van der Waals surface area contributed by atoms with Crippen molar-refractivity contribution >= 4 is 5.57 Å². The summed E-state index contributed by atoms with van der Waals surface area (Å²) in [5, 5.41) is 0. The van der Waals surface area contributed by atoms with Crippen molar-refractivity contribution in [2.45, 2.75) is 13.3 Å². The molecule has 0 radical (unpaired) electrons. The number of nitrogens with one attached hydrogen (secondary N) is 1. The summed E-state index contributed by atoms with van der Waals surface area (Å²) in [7, 11) is 0. The first-order chi connectivity index (χ1) is 7.16. The van der Waals surface area contributed by atoms with E-state index in [1.54, 1.807) is 19.1 Å². The van der Waals surface area contributed by atoms with Gasteiger partial charge in [0, 0.05) is 18.1 Å². The maximum Gasteiger partial charge on any atom is 0.135 e. The number of hydrogen-bond acceptors (Lipinski definition) is 1. The lowest BCUT2D eigenvalue weighted by molar-refractivity contribution is 0.601. The molecule has 1 aromatic heterocycles. The molecule has 1 heterocycles. The Hall–Kier alpha value is -1.71. The van der Waals surface area contributed by atoms with E-state index >= 15 is 0 Å². The van der Waals surface area contributed by atoms with E-state index < -0.39 is 11.7 Å². The van der Waals surface area contributed by atoms with E-state index in [4.69, 9.17) is 0 Å². The zero-order valence-corrected chi connectivity index (χ0v) is 8.22. The van der Waals surface area contributed by atoms with Crippen molar-refractivity contribution in [1.82, 2.24) is 9.97 Å². The van der Waals surface area contributed by atoms with Crippen molar-refractivity contribution in [2.24, 2.45) is 0 Å². The molecule has 78 valence electrons. The Morgan fingerprint density at radius 1 is 1.40 bits per heavy atom. The van der Waals surface area contributed by atoms with Gasteiger partial charge in [-0.1, -0.05) is 12.2 Å². The summed E-state index contributed by atoms with van der Waals surface area (Å²) in [4.78, 5) is 6.88. The molecular formula is C11H10F2N2. The Bertz CT molecular complexity index is 467.